The number of aromatic nitrogens is 4. The summed E-state index contributed by atoms with van der Waals surface area (Å²) in [5, 5.41) is 11.3. The Morgan fingerprint density at radius 3 is 2.97 bits per heavy atom. The molecule has 2 aromatic heterocycles. The van der Waals surface area contributed by atoms with Crippen LogP contribution < -0.4 is 5.32 Å². The van der Waals surface area contributed by atoms with Crippen LogP contribution in [0.25, 0.3) is 17.0 Å². The minimum atomic E-state index is -0.270. The van der Waals surface area contributed by atoms with E-state index >= 15 is 0 Å². The molecule has 7 heteroatoms. The molecule has 0 aliphatic heterocycles. The van der Waals surface area contributed by atoms with Crippen molar-refractivity contribution in [1.82, 2.24) is 19.7 Å². The lowest BCUT2D eigenvalue weighted by Gasteiger charge is -2.10. The summed E-state index contributed by atoms with van der Waals surface area (Å²) < 4.78 is 2.08. The van der Waals surface area contributed by atoms with Crippen molar-refractivity contribution in [3.8, 4) is 11.4 Å². The van der Waals surface area contributed by atoms with E-state index in [2.05, 4.69) is 36.6 Å². The zero-order valence-electron chi connectivity index (χ0n) is 18.1. The summed E-state index contributed by atoms with van der Waals surface area (Å²) in [5.41, 5.74) is 3.87. The summed E-state index contributed by atoms with van der Waals surface area (Å²) in [6.07, 6.45) is 11.7. The first kappa shape index (κ1) is 21.4. The molecule has 3 aromatic rings. The predicted octanol–water partition coefficient (Wildman–Crippen LogP) is 5.01. The first-order valence-electron chi connectivity index (χ1n) is 10.8. The smallest absolute Gasteiger partial charge is 0.274 e. The van der Waals surface area contributed by atoms with Gasteiger partial charge in [-0.2, -0.15) is 0 Å². The maximum absolute atomic E-state index is 12.9. The highest BCUT2D eigenvalue weighted by Crippen LogP contribution is 2.32. The number of carbonyl (C=O) groups is 1. The van der Waals surface area contributed by atoms with Gasteiger partial charge >= 0.3 is 0 Å². The second-order valence-electron chi connectivity index (χ2n) is 7.76. The van der Waals surface area contributed by atoms with Gasteiger partial charge < -0.3 is 9.88 Å². The Hall–Kier alpha value is -3.87. The van der Waals surface area contributed by atoms with Gasteiger partial charge in [-0.3, -0.25) is 14.8 Å². The fraction of sp³-hybridized carbons (Fsp3) is 0.240. The van der Waals surface area contributed by atoms with Gasteiger partial charge in [0.25, 0.3) is 5.91 Å². The maximum atomic E-state index is 12.9. The number of allylic oxidation sites excluding steroid dienone is 2. The van der Waals surface area contributed by atoms with E-state index in [1.54, 1.807) is 37.1 Å². The first-order valence-corrected chi connectivity index (χ1v) is 10.8. The van der Waals surface area contributed by atoms with Crippen LogP contribution in [0.2, 0.25) is 0 Å². The van der Waals surface area contributed by atoms with E-state index in [4.69, 9.17) is 0 Å². The van der Waals surface area contributed by atoms with Crippen molar-refractivity contribution in [2.45, 2.75) is 32.7 Å². The summed E-state index contributed by atoms with van der Waals surface area (Å²) in [6, 6.07) is 11.3. The SMILES string of the molecule is C=C/C=N\C=C(/CC)c1ccnc(C(=O)Nc2cccc(-c3nncn3CC3CC3)c2)c1. The van der Waals surface area contributed by atoms with Gasteiger partial charge in [0, 0.05) is 36.4 Å². The molecule has 162 valence electrons. The number of pyridine rings is 1. The van der Waals surface area contributed by atoms with Gasteiger partial charge in [0.2, 0.25) is 0 Å². The zero-order chi connectivity index (χ0) is 22.3. The van der Waals surface area contributed by atoms with E-state index in [0.717, 1.165) is 41.4 Å². The molecular formula is C25H26N6O. The van der Waals surface area contributed by atoms with Crippen molar-refractivity contribution in [3.63, 3.8) is 0 Å². The molecule has 1 N–H and O–H groups in total. The summed E-state index contributed by atoms with van der Waals surface area (Å²) in [4.78, 5) is 21.3. The lowest BCUT2D eigenvalue weighted by molar-refractivity contribution is 0.102. The number of hydrogen-bond acceptors (Lipinski definition) is 5. The van der Waals surface area contributed by atoms with Gasteiger partial charge in [0.05, 0.1) is 0 Å². The molecule has 1 saturated carbocycles. The van der Waals surface area contributed by atoms with Crippen molar-refractivity contribution in [3.05, 3.63) is 79.0 Å². The summed E-state index contributed by atoms with van der Waals surface area (Å²) in [6.45, 7) is 6.60. The number of rotatable bonds is 9. The molecule has 1 fully saturated rings. The number of carbonyl (C=O) groups excluding carboxylic acids is 1. The van der Waals surface area contributed by atoms with Crippen molar-refractivity contribution in [2.75, 3.05) is 5.32 Å². The van der Waals surface area contributed by atoms with Crippen LogP contribution in [0.5, 0.6) is 0 Å². The summed E-state index contributed by atoms with van der Waals surface area (Å²) >= 11 is 0. The van der Waals surface area contributed by atoms with Crippen LogP contribution in [0, 0.1) is 5.92 Å². The van der Waals surface area contributed by atoms with Crippen LogP contribution in [0.3, 0.4) is 0 Å². The Kier molecular flexibility index (Phi) is 6.65. The number of anilines is 1. The number of amides is 1. The lowest BCUT2D eigenvalue weighted by Crippen LogP contribution is -2.14. The maximum Gasteiger partial charge on any atom is 0.274 e. The zero-order valence-corrected chi connectivity index (χ0v) is 18.1. The van der Waals surface area contributed by atoms with Crippen LogP contribution in [-0.2, 0) is 6.54 Å². The van der Waals surface area contributed by atoms with E-state index in [9.17, 15) is 4.79 Å². The largest absolute Gasteiger partial charge is 0.321 e. The topological polar surface area (TPSA) is 85.1 Å². The molecule has 7 nitrogen and oxygen atoms in total. The number of benzene rings is 1. The van der Waals surface area contributed by atoms with Gasteiger partial charge in [0.15, 0.2) is 5.82 Å². The summed E-state index contributed by atoms with van der Waals surface area (Å²) in [7, 11) is 0. The second kappa shape index (κ2) is 9.96. The molecule has 32 heavy (non-hydrogen) atoms. The standard InChI is InChI=1S/C25H26N6O/c1-3-11-26-15-19(4-2)20-10-12-27-23(14-20)25(32)29-22-7-5-6-21(13-22)24-30-28-17-31(24)16-18-8-9-18/h3,5-7,10-15,17-18H,1,4,8-9,16H2,2H3,(H,29,32)/b19-15+,26-11-. The molecular weight excluding hydrogens is 400 g/mol. The average molecular weight is 427 g/mol. The van der Waals surface area contributed by atoms with Crippen molar-refractivity contribution in [1.29, 1.82) is 0 Å². The van der Waals surface area contributed by atoms with E-state index in [1.165, 1.54) is 12.8 Å². The van der Waals surface area contributed by atoms with Crippen LogP contribution >= 0.6 is 0 Å². The summed E-state index contributed by atoms with van der Waals surface area (Å²) in [5.74, 6) is 1.26. The monoisotopic (exact) mass is 426 g/mol. The van der Waals surface area contributed by atoms with Gasteiger partial charge in [-0.25, -0.2) is 0 Å². The van der Waals surface area contributed by atoms with Crippen LogP contribution in [0.1, 0.15) is 42.2 Å². The molecule has 4 rings (SSSR count). The number of hydrogen-bond donors (Lipinski definition) is 1. The molecule has 1 aromatic carbocycles. The van der Waals surface area contributed by atoms with Gasteiger partial charge in [-0.15, -0.1) is 10.2 Å². The molecule has 0 spiro atoms. The lowest BCUT2D eigenvalue weighted by atomic mass is 10.0. The molecule has 0 atom stereocenters. The Labute approximate surface area is 187 Å². The molecule has 0 saturated heterocycles. The number of nitrogens with one attached hydrogen (secondary N) is 1. The van der Waals surface area contributed by atoms with Crippen molar-refractivity contribution < 1.29 is 4.79 Å². The third-order valence-electron chi connectivity index (χ3n) is 5.31. The quantitative estimate of drug-likeness (QED) is 0.487. The minimum absolute atomic E-state index is 0.270. The molecule has 1 aliphatic rings. The highest BCUT2D eigenvalue weighted by molar-refractivity contribution is 6.03. The van der Waals surface area contributed by atoms with Crippen molar-refractivity contribution in [2.24, 2.45) is 10.9 Å². The third-order valence-corrected chi connectivity index (χ3v) is 5.31. The van der Waals surface area contributed by atoms with Crippen LogP contribution in [0.4, 0.5) is 5.69 Å². The van der Waals surface area contributed by atoms with E-state index < -0.39 is 0 Å². The number of aliphatic imine (C=N–C) groups is 1. The van der Waals surface area contributed by atoms with Crippen LogP contribution in [-0.4, -0.2) is 31.9 Å². The van der Waals surface area contributed by atoms with E-state index in [1.807, 2.05) is 37.3 Å². The van der Waals surface area contributed by atoms with Crippen LogP contribution in [0.15, 0.2) is 72.8 Å². The molecule has 2 heterocycles. The third kappa shape index (κ3) is 5.24. The fourth-order valence-electron chi connectivity index (χ4n) is 3.44. The molecule has 0 unspecified atom stereocenters. The molecule has 1 amide bonds. The van der Waals surface area contributed by atoms with E-state index in [-0.39, 0.29) is 5.91 Å². The molecule has 0 radical (unpaired) electrons. The highest BCUT2D eigenvalue weighted by atomic mass is 16.1. The second-order valence-corrected chi connectivity index (χ2v) is 7.76. The normalized spacial score (nSPS) is 14.0. The Bertz CT molecular complexity index is 1170. The minimum Gasteiger partial charge on any atom is -0.321 e. The van der Waals surface area contributed by atoms with Crippen molar-refractivity contribution >= 4 is 23.4 Å². The fourth-order valence-corrected chi connectivity index (χ4v) is 3.44. The number of nitrogens with zero attached hydrogens (tertiary/aromatic N) is 5. The Morgan fingerprint density at radius 2 is 2.19 bits per heavy atom. The Morgan fingerprint density at radius 1 is 1.31 bits per heavy atom. The molecule has 1 aliphatic carbocycles. The van der Waals surface area contributed by atoms with Gasteiger partial charge in [-0.1, -0.05) is 31.7 Å². The van der Waals surface area contributed by atoms with E-state index in [0.29, 0.717) is 11.4 Å². The van der Waals surface area contributed by atoms with Gasteiger partial charge in [-0.05, 0) is 60.6 Å². The first-order chi connectivity index (χ1) is 15.7. The average Bonchev–Trinajstić information content (AvgIpc) is 3.51. The predicted molar refractivity (Wildman–Crippen MR) is 127 cm³/mol. The Balaban J connectivity index is 1.52. The highest BCUT2D eigenvalue weighted by Gasteiger charge is 2.23. The van der Waals surface area contributed by atoms with Gasteiger partial charge in [0.1, 0.15) is 12.0 Å². The molecule has 0 bridgehead atoms.